The molecule has 0 radical (unpaired) electrons. The van der Waals surface area contributed by atoms with Crippen molar-refractivity contribution >= 4 is 30.0 Å². The number of hydrogen-bond donors (Lipinski definition) is 2. The van der Waals surface area contributed by atoms with Crippen molar-refractivity contribution in [2.24, 2.45) is 0 Å². The Balaban J connectivity index is 2.57. The Morgan fingerprint density at radius 3 is 2.53 bits per heavy atom. The summed E-state index contributed by atoms with van der Waals surface area (Å²) in [6.45, 7) is 0. The highest BCUT2D eigenvalue weighted by molar-refractivity contribution is 7.79. The number of nitrogen functional groups attached to an aromatic ring is 1. The molecule has 0 fully saturated rings. The van der Waals surface area contributed by atoms with Crippen molar-refractivity contribution in [3.8, 4) is 11.8 Å². The molecule has 0 spiro atoms. The van der Waals surface area contributed by atoms with E-state index in [1.165, 1.54) is 4.68 Å². The van der Waals surface area contributed by atoms with Crippen LogP contribution in [0.15, 0.2) is 24.3 Å². The summed E-state index contributed by atoms with van der Waals surface area (Å²) in [6, 6.07) is 9.09. The summed E-state index contributed by atoms with van der Waals surface area (Å²) >= 11 is 9.92. The number of benzene rings is 1. The van der Waals surface area contributed by atoms with Crippen LogP contribution in [0.5, 0.6) is 0 Å². The topological polar surface area (TPSA) is 67.6 Å². The predicted octanol–water partition coefficient (Wildman–Crippen LogP) is 2.41. The van der Waals surface area contributed by atoms with Crippen molar-refractivity contribution in [3.63, 3.8) is 0 Å². The van der Waals surface area contributed by atoms with Crippen LogP contribution in [0.2, 0.25) is 5.02 Å². The van der Waals surface area contributed by atoms with E-state index in [1.807, 2.05) is 6.07 Å². The van der Waals surface area contributed by atoms with Gasteiger partial charge in [-0.25, -0.2) is 4.68 Å². The Labute approximate surface area is 109 Å². The third-order valence-electron chi connectivity index (χ3n) is 2.33. The van der Waals surface area contributed by atoms with Gasteiger partial charge in [0.05, 0.1) is 11.4 Å². The summed E-state index contributed by atoms with van der Waals surface area (Å²) in [6.07, 6.45) is 0. The van der Waals surface area contributed by atoms with Crippen LogP contribution in [0.25, 0.3) is 5.69 Å². The molecule has 2 N–H and O–H groups in total. The van der Waals surface area contributed by atoms with Crippen molar-refractivity contribution in [1.29, 1.82) is 5.26 Å². The average molecular weight is 265 g/mol. The van der Waals surface area contributed by atoms with E-state index in [9.17, 15) is 0 Å². The molecule has 0 bridgehead atoms. The molecule has 86 valence electrons. The van der Waals surface area contributed by atoms with Gasteiger partial charge in [-0.3, -0.25) is 0 Å². The molecule has 0 aliphatic rings. The highest BCUT2D eigenvalue weighted by Gasteiger charge is 2.14. The first kappa shape index (κ1) is 11.8. The van der Waals surface area contributed by atoms with Crippen molar-refractivity contribution < 1.29 is 0 Å². The number of halogens is 1. The molecule has 17 heavy (non-hydrogen) atoms. The molecule has 1 aromatic carbocycles. The van der Waals surface area contributed by atoms with Crippen LogP contribution < -0.4 is 5.73 Å². The van der Waals surface area contributed by atoms with Gasteiger partial charge in [0.2, 0.25) is 0 Å². The van der Waals surface area contributed by atoms with Gasteiger partial charge in [-0.15, -0.1) is 0 Å². The third-order valence-corrected chi connectivity index (χ3v) is 2.88. The molecule has 0 unspecified atom stereocenters. The van der Waals surface area contributed by atoms with Gasteiger partial charge in [-0.1, -0.05) is 11.6 Å². The maximum atomic E-state index is 9.00. The number of anilines is 1. The molecule has 6 heteroatoms. The van der Waals surface area contributed by atoms with E-state index in [0.29, 0.717) is 27.9 Å². The Hall–Kier alpha value is -1.64. The summed E-state index contributed by atoms with van der Waals surface area (Å²) in [7, 11) is 0. The van der Waals surface area contributed by atoms with Gasteiger partial charge in [0.25, 0.3) is 0 Å². The second kappa shape index (κ2) is 4.70. The quantitative estimate of drug-likeness (QED) is 0.819. The fraction of sp³-hybridized carbons (Fsp3) is 0.0909. The molecule has 0 amide bonds. The molecule has 0 atom stereocenters. The van der Waals surface area contributed by atoms with E-state index < -0.39 is 0 Å². The first-order chi connectivity index (χ1) is 8.17. The highest BCUT2D eigenvalue weighted by atomic mass is 35.5. The number of rotatable bonds is 2. The molecule has 0 aliphatic carbocycles. The minimum atomic E-state index is 0.318. The van der Waals surface area contributed by atoms with Crippen molar-refractivity contribution in [2.45, 2.75) is 5.75 Å². The summed E-state index contributed by atoms with van der Waals surface area (Å²) < 4.78 is 1.51. The largest absolute Gasteiger partial charge is 0.382 e. The van der Waals surface area contributed by atoms with Crippen LogP contribution in [0.4, 0.5) is 5.82 Å². The zero-order valence-corrected chi connectivity index (χ0v) is 10.4. The minimum absolute atomic E-state index is 0.318. The lowest BCUT2D eigenvalue weighted by Crippen LogP contribution is -2.02. The van der Waals surface area contributed by atoms with E-state index in [2.05, 4.69) is 17.7 Å². The molecule has 0 aliphatic heterocycles. The molecule has 0 saturated carbocycles. The minimum Gasteiger partial charge on any atom is -0.382 e. The summed E-state index contributed by atoms with van der Waals surface area (Å²) in [5, 5.41) is 13.9. The number of thiol groups is 1. The van der Waals surface area contributed by atoms with Crippen LogP contribution in [-0.2, 0) is 5.75 Å². The molecule has 1 heterocycles. The summed E-state index contributed by atoms with van der Waals surface area (Å²) in [4.78, 5) is 0. The maximum absolute atomic E-state index is 9.00. The number of nitrogens with zero attached hydrogens (tertiary/aromatic N) is 3. The number of nitrogens with two attached hydrogens (primary N) is 1. The van der Waals surface area contributed by atoms with Crippen molar-refractivity contribution in [2.75, 3.05) is 5.73 Å². The molecular weight excluding hydrogens is 256 g/mol. The highest BCUT2D eigenvalue weighted by Crippen LogP contribution is 2.22. The smallest absolute Gasteiger partial charge is 0.145 e. The standard InChI is InChI=1S/C11H9ClN4S/c12-7-1-3-8(4-2-7)16-11(14)9(5-13)10(6-17)15-16/h1-4,17H,6,14H2. The fourth-order valence-corrected chi connectivity index (χ4v) is 1.84. The van der Waals surface area contributed by atoms with Crippen molar-refractivity contribution in [3.05, 3.63) is 40.5 Å². The second-order valence-corrected chi connectivity index (χ2v) is 4.12. The van der Waals surface area contributed by atoms with Gasteiger partial charge in [0, 0.05) is 10.8 Å². The van der Waals surface area contributed by atoms with Crippen LogP contribution >= 0.6 is 24.2 Å². The van der Waals surface area contributed by atoms with Gasteiger partial charge >= 0.3 is 0 Å². The first-order valence-corrected chi connectivity index (χ1v) is 5.82. The van der Waals surface area contributed by atoms with Gasteiger partial charge in [0.15, 0.2) is 0 Å². The monoisotopic (exact) mass is 264 g/mol. The van der Waals surface area contributed by atoms with Crippen LogP contribution in [0.3, 0.4) is 0 Å². The molecule has 2 aromatic rings. The molecule has 4 nitrogen and oxygen atoms in total. The normalized spacial score (nSPS) is 10.2. The van der Waals surface area contributed by atoms with E-state index in [1.54, 1.807) is 24.3 Å². The van der Waals surface area contributed by atoms with Gasteiger partial charge < -0.3 is 5.73 Å². The molecule has 0 saturated heterocycles. The van der Waals surface area contributed by atoms with Crippen molar-refractivity contribution in [1.82, 2.24) is 9.78 Å². The van der Waals surface area contributed by atoms with Crippen LogP contribution in [0, 0.1) is 11.3 Å². The fourth-order valence-electron chi connectivity index (χ4n) is 1.49. The summed E-state index contributed by atoms with van der Waals surface area (Å²) in [5.41, 5.74) is 7.57. The lowest BCUT2D eigenvalue weighted by Gasteiger charge is -2.03. The Kier molecular flexibility index (Phi) is 3.27. The van der Waals surface area contributed by atoms with E-state index in [-0.39, 0.29) is 0 Å². The van der Waals surface area contributed by atoms with Crippen LogP contribution in [-0.4, -0.2) is 9.78 Å². The zero-order valence-electron chi connectivity index (χ0n) is 8.76. The lowest BCUT2D eigenvalue weighted by molar-refractivity contribution is 0.869. The van der Waals surface area contributed by atoms with Crippen LogP contribution in [0.1, 0.15) is 11.3 Å². The molecule has 2 rings (SSSR count). The number of hydrogen-bond acceptors (Lipinski definition) is 4. The summed E-state index contributed by atoms with van der Waals surface area (Å²) in [5.74, 6) is 0.687. The van der Waals surface area contributed by atoms with Gasteiger partial charge in [-0.05, 0) is 24.3 Å². The Morgan fingerprint density at radius 1 is 1.41 bits per heavy atom. The predicted molar refractivity (Wildman–Crippen MR) is 70.4 cm³/mol. The SMILES string of the molecule is N#Cc1c(CS)nn(-c2ccc(Cl)cc2)c1N. The zero-order chi connectivity index (χ0) is 12.4. The number of aromatic nitrogens is 2. The second-order valence-electron chi connectivity index (χ2n) is 3.37. The van der Waals surface area contributed by atoms with E-state index in [4.69, 9.17) is 22.6 Å². The Morgan fingerprint density at radius 2 is 2.06 bits per heavy atom. The first-order valence-electron chi connectivity index (χ1n) is 4.81. The van der Waals surface area contributed by atoms with E-state index >= 15 is 0 Å². The average Bonchev–Trinajstić information content (AvgIpc) is 2.66. The molecule has 1 aromatic heterocycles. The van der Waals surface area contributed by atoms with Gasteiger partial charge in [0.1, 0.15) is 17.5 Å². The maximum Gasteiger partial charge on any atom is 0.145 e. The third kappa shape index (κ3) is 2.09. The molecular formula is C11H9ClN4S. The van der Waals surface area contributed by atoms with Gasteiger partial charge in [-0.2, -0.15) is 23.0 Å². The Bertz CT molecular complexity index is 583. The van der Waals surface area contributed by atoms with E-state index in [0.717, 1.165) is 5.69 Å². The number of nitriles is 1. The lowest BCUT2D eigenvalue weighted by atomic mass is 10.2.